The molecule has 1 N–H and O–H groups in total. The first-order valence-corrected chi connectivity index (χ1v) is 6.95. The molecule has 1 aliphatic rings. The summed E-state index contributed by atoms with van der Waals surface area (Å²) >= 11 is 12.2. The Morgan fingerprint density at radius 1 is 1.26 bits per heavy atom. The molecular formula is C14H15Cl2NO2. The molecule has 2 unspecified atom stereocenters. The zero-order chi connectivity index (χ0) is 14.2. The Morgan fingerprint density at radius 2 is 1.95 bits per heavy atom. The third kappa shape index (κ3) is 2.77. The summed E-state index contributed by atoms with van der Waals surface area (Å²) in [5.41, 5.74) is 0.774. The van der Waals surface area contributed by atoms with Crippen LogP contribution in [-0.4, -0.2) is 11.8 Å². The molecule has 1 aromatic rings. The summed E-state index contributed by atoms with van der Waals surface area (Å²) in [6.45, 7) is 3.93. The van der Waals surface area contributed by atoms with Gasteiger partial charge in [0.2, 0.25) is 11.8 Å². The summed E-state index contributed by atoms with van der Waals surface area (Å²) < 4.78 is 0. The minimum atomic E-state index is -0.270. The second kappa shape index (κ2) is 5.51. The van der Waals surface area contributed by atoms with Gasteiger partial charge in [0.25, 0.3) is 0 Å². The van der Waals surface area contributed by atoms with Gasteiger partial charge in [-0.1, -0.05) is 49.2 Å². The standard InChI is InChI=1S/C14H15Cl2NO2/c1-7(2)12-9(6-11(18)17-14(12)19)8-4-3-5-10(15)13(8)16/h3-5,7,9,12H,6H2,1-2H3,(H,17,18,19). The number of halogens is 2. The first-order chi connectivity index (χ1) is 8.91. The number of nitrogens with one attached hydrogen (secondary N) is 1. The van der Waals surface area contributed by atoms with Gasteiger partial charge in [-0.05, 0) is 17.5 Å². The van der Waals surface area contributed by atoms with Crippen molar-refractivity contribution in [2.75, 3.05) is 0 Å². The van der Waals surface area contributed by atoms with Gasteiger partial charge in [-0.2, -0.15) is 0 Å². The van der Waals surface area contributed by atoms with Crippen molar-refractivity contribution in [1.29, 1.82) is 0 Å². The molecule has 0 spiro atoms. The van der Waals surface area contributed by atoms with Crippen LogP contribution in [0.1, 0.15) is 31.7 Å². The fraction of sp³-hybridized carbons (Fsp3) is 0.429. The molecule has 1 heterocycles. The van der Waals surface area contributed by atoms with Gasteiger partial charge in [0.05, 0.1) is 10.0 Å². The Balaban J connectivity index is 2.47. The Kier molecular flexibility index (Phi) is 4.16. The topological polar surface area (TPSA) is 46.2 Å². The third-order valence-electron chi connectivity index (χ3n) is 3.50. The summed E-state index contributed by atoms with van der Waals surface area (Å²) in [5, 5.41) is 3.27. The SMILES string of the molecule is CC(C)C1C(=O)NC(=O)CC1c1cccc(Cl)c1Cl. The summed E-state index contributed by atoms with van der Waals surface area (Å²) in [4.78, 5) is 23.6. The normalized spacial score (nSPS) is 23.6. The van der Waals surface area contributed by atoms with Gasteiger partial charge in [-0.25, -0.2) is 0 Å². The average molecular weight is 300 g/mol. The minimum absolute atomic E-state index is 0.119. The number of hydrogen-bond donors (Lipinski definition) is 1. The maximum atomic E-state index is 12.0. The Hall–Kier alpha value is -1.06. The van der Waals surface area contributed by atoms with E-state index in [1.807, 2.05) is 19.9 Å². The lowest BCUT2D eigenvalue weighted by Crippen LogP contribution is -2.46. The van der Waals surface area contributed by atoms with Crippen LogP contribution in [0, 0.1) is 11.8 Å². The number of rotatable bonds is 2. The fourth-order valence-electron chi connectivity index (χ4n) is 2.66. The molecule has 0 saturated carbocycles. The van der Waals surface area contributed by atoms with Crippen LogP contribution in [0.5, 0.6) is 0 Å². The predicted molar refractivity (Wildman–Crippen MR) is 75.3 cm³/mol. The van der Waals surface area contributed by atoms with Crippen molar-refractivity contribution in [1.82, 2.24) is 5.32 Å². The lowest BCUT2D eigenvalue weighted by atomic mass is 9.75. The van der Waals surface area contributed by atoms with E-state index in [2.05, 4.69) is 5.32 Å². The lowest BCUT2D eigenvalue weighted by molar-refractivity contribution is -0.138. The van der Waals surface area contributed by atoms with Crippen molar-refractivity contribution in [3.05, 3.63) is 33.8 Å². The highest BCUT2D eigenvalue weighted by Crippen LogP contribution is 2.40. The van der Waals surface area contributed by atoms with Crippen LogP contribution in [-0.2, 0) is 9.59 Å². The summed E-state index contributed by atoms with van der Waals surface area (Å²) in [6.07, 6.45) is 0.259. The summed E-state index contributed by atoms with van der Waals surface area (Å²) in [5.74, 6) is -0.857. The largest absolute Gasteiger partial charge is 0.296 e. The molecule has 19 heavy (non-hydrogen) atoms. The van der Waals surface area contributed by atoms with E-state index in [-0.39, 0.29) is 36.0 Å². The van der Waals surface area contributed by atoms with Gasteiger partial charge in [0.1, 0.15) is 0 Å². The number of carbonyl (C=O) groups excluding carboxylic acids is 2. The highest BCUT2D eigenvalue weighted by atomic mass is 35.5. The van der Waals surface area contributed by atoms with E-state index in [1.54, 1.807) is 12.1 Å². The van der Waals surface area contributed by atoms with E-state index in [0.717, 1.165) is 5.56 Å². The molecular weight excluding hydrogens is 285 g/mol. The molecule has 0 radical (unpaired) electrons. The van der Waals surface area contributed by atoms with Crippen LogP contribution >= 0.6 is 23.2 Å². The molecule has 3 nitrogen and oxygen atoms in total. The number of amides is 2. The zero-order valence-corrected chi connectivity index (χ0v) is 12.3. The van der Waals surface area contributed by atoms with Crippen LogP contribution in [0.25, 0.3) is 0 Å². The van der Waals surface area contributed by atoms with Crippen LogP contribution in [0.4, 0.5) is 0 Å². The predicted octanol–water partition coefficient (Wildman–Crippen LogP) is 3.40. The smallest absolute Gasteiger partial charge is 0.230 e. The van der Waals surface area contributed by atoms with E-state index in [0.29, 0.717) is 10.0 Å². The first-order valence-electron chi connectivity index (χ1n) is 6.19. The van der Waals surface area contributed by atoms with Gasteiger partial charge in [-0.3, -0.25) is 14.9 Å². The Labute approximate surface area is 122 Å². The molecule has 0 bridgehead atoms. The molecule has 1 fully saturated rings. The second-order valence-electron chi connectivity index (χ2n) is 5.14. The van der Waals surface area contributed by atoms with E-state index in [4.69, 9.17) is 23.2 Å². The van der Waals surface area contributed by atoms with Crippen molar-refractivity contribution in [2.24, 2.45) is 11.8 Å². The number of carbonyl (C=O) groups is 2. The molecule has 1 saturated heterocycles. The van der Waals surface area contributed by atoms with Crippen molar-refractivity contribution >= 4 is 35.0 Å². The van der Waals surface area contributed by atoms with Crippen molar-refractivity contribution < 1.29 is 9.59 Å². The van der Waals surface area contributed by atoms with E-state index in [1.165, 1.54) is 0 Å². The first kappa shape index (κ1) is 14.4. The highest BCUT2D eigenvalue weighted by molar-refractivity contribution is 6.42. The van der Waals surface area contributed by atoms with Gasteiger partial charge >= 0.3 is 0 Å². The van der Waals surface area contributed by atoms with Crippen LogP contribution in [0.2, 0.25) is 10.0 Å². The van der Waals surface area contributed by atoms with E-state index >= 15 is 0 Å². The summed E-state index contributed by atoms with van der Waals surface area (Å²) in [6, 6.07) is 5.32. The van der Waals surface area contributed by atoms with Gasteiger partial charge in [-0.15, -0.1) is 0 Å². The Morgan fingerprint density at radius 3 is 2.58 bits per heavy atom. The van der Waals surface area contributed by atoms with Crippen molar-refractivity contribution in [3.63, 3.8) is 0 Å². The molecule has 2 rings (SSSR count). The maximum Gasteiger partial charge on any atom is 0.230 e. The fourth-order valence-corrected chi connectivity index (χ4v) is 3.11. The monoisotopic (exact) mass is 299 g/mol. The molecule has 2 atom stereocenters. The molecule has 2 amide bonds. The third-order valence-corrected chi connectivity index (χ3v) is 4.34. The average Bonchev–Trinajstić information content (AvgIpc) is 2.31. The Bertz CT molecular complexity index is 528. The van der Waals surface area contributed by atoms with Crippen LogP contribution in [0.15, 0.2) is 18.2 Å². The van der Waals surface area contributed by atoms with Crippen molar-refractivity contribution in [2.45, 2.75) is 26.2 Å². The molecule has 0 aromatic heterocycles. The lowest BCUT2D eigenvalue weighted by Gasteiger charge is -2.33. The highest BCUT2D eigenvalue weighted by Gasteiger charge is 2.39. The quantitative estimate of drug-likeness (QED) is 0.851. The number of benzene rings is 1. The van der Waals surface area contributed by atoms with Crippen LogP contribution in [0.3, 0.4) is 0 Å². The molecule has 1 aromatic carbocycles. The van der Waals surface area contributed by atoms with Gasteiger partial charge in [0, 0.05) is 18.3 Å². The number of piperidine rings is 1. The van der Waals surface area contributed by atoms with Crippen LogP contribution < -0.4 is 5.32 Å². The molecule has 0 aliphatic carbocycles. The zero-order valence-electron chi connectivity index (χ0n) is 10.7. The van der Waals surface area contributed by atoms with E-state index in [9.17, 15) is 9.59 Å². The summed E-state index contributed by atoms with van der Waals surface area (Å²) in [7, 11) is 0. The molecule has 102 valence electrons. The van der Waals surface area contributed by atoms with Gasteiger partial charge in [0.15, 0.2) is 0 Å². The minimum Gasteiger partial charge on any atom is -0.296 e. The number of hydrogen-bond acceptors (Lipinski definition) is 2. The van der Waals surface area contributed by atoms with E-state index < -0.39 is 0 Å². The maximum absolute atomic E-state index is 12.0. The second-order valence-corrected chi connectivity index (χ2v) is 5.92. The van der Waals surface area contributed by atoms with Crippen molar-refractivity contribution in [3.8, 4) is 0 Å². The molecule has 1 aliphatic heterocycles. The number of imide groups is 1. The van der Waals surface area contributed by atoms with Gasteiger partial charge < -0.3 is 0 Å². The molecule has 5 heteroatoms.